The second-order valence-corrected chi connectivity index (χ2v) is 6.68. The van der Waals surface area contributed by atoms with Crippen LogP contribution >= 0.6 is 11.6 Å². The zero-order valence-electron chi connectivity index (χ0n) is 15.5. The van der Waals surface area contributed by atoms with Gasteiger partial charge < -0.3 is 4.74 Å². The fraction of sp³-hybridized carbons (Fsp3) is 0.333. The molecule has 0 aliphatic carbocycles. The summed E-state index contributed by atoms with van der Waals surface area (Å²) in [6.45, 7) is 2.84. The molecule has 0 saturated carbocycles. The highest BCUT2D eigenvalue weighted by Gasteiger charge is 2.08. The average Bonchev–Trinajstić information content (AvgIpc) is 2.68. The number of hydrogen-bond donors (Lipinski definition) is 2. The number of hydrogen-bond acceptors (Lipinski definition) is 3. The number of halogens is 1. The Bertz CT molecular complexity index is 730. The van der Waals surface area contributed by atoms with Crippen molar-refractivity contribution in [2.45, 2.75) is 39.0 Å². The quantitative estimate of drug-likeness (QED) is 0.497. The van der Waals surface area contributed by atoms with Crippen LogP contribution in [0.3, 0.4) is 0 Å². The molecule has 144 valence electrons. The summed E-state index contributed by atoms with van der Waals surface area (Å²) in [5, 5.41) is 0.612. The number of hydrazine groups is 1. The van der Waals surface area contributed by atoms with Crippen LogP contribution < -0.4 is 15.6 Å². The molecule has 0 spiro atoms. The number of carbonyl (C=O) groups excluding carboxylic acids is 2. The van der Waals surface area contributed by atoms with Gasteiger partial charge >= 0.3 is 0 Å². The fourth-order valence-electron chi connectivity index (χ4n) is 2.45. The fourth-order valence-corrected chi connectivity index (χ4v) is 2.58. The number of unbranched alkanes of at least 4 members (excludes halogenated alkanes) is 3. The third-order valence-electron chi connectivity index (χ3n) is 3.98. The van der Waals surface area contributed by atoms with E-state index in [1.165, 1.54) is 12.8 Å². The van der Waals surface area contributed by atoms with Crippen molar-refractivity contribution in [3.05, 3.63) is 64.7 Å². The first-order valence-corrected chi connectivity index (χ1v) is 9.52. The number of nitrogens with one attached hydrogen (secondary N) is 2. The van der Waals surface area contributed by atoms with Crippen molar-refractivity contribution in [3.63, 3.8) is 0 Å². The Morgan fingerprint density at radius 2 is 1.63 bits per heavy atom. The first-order chi connectivity index (χ1) is 13.1. The lowest BCUT2D eigenvalue weighted by Crippen LogP contribution is -2.42. The van der Waals surface area contributed by atoms with Crippen molar-refractivity contribution in [1.82, 2.24) is 10.9 Å². The summed E-state index contributed by atoms with van der Waals surface area (Å²) in [4.78, 5) is 24.0. The molecule has 0 aliphatic heterocycles. The SMILES string of the molecule is CCCCCCOc1ccc(C(=O)NNC(=O)Cc2ccc(Cl)cc2)cc1. The molecule has 0 saturated heterocycles. The number of amides is 2. The Balaban J connectivity index is 1.73. The molecule has 27 heavy (non-hydrogen) atoms. The first kappa shape index (κ1) is 20.8. The topological polar surface area (TPSA) is 67.4 Å². The molecule has 6 heteroatoms. The van der Waals surface area contributed by atoms with Crippen molar-refractivity contribution in [2.75, 3.05) is 6.61 Å². The van der Waals surface area contributed by atoms with Gasteiger partial charge in [-0.05, 0) is 48.4 Å². The molecule has 0 bridgehead atoms. The molecule has 0 aliphatic rings. The summed E-state index contributed by atoms with van der Waals surface area (Å²) in [6.07, 6.45) is 4.75. The van der Waals surface area contributed by atoms with Crippen molar-refractivity contribution in [1.29, 1.82) is 0 Å². The Morgan fingerprint density at radius 1 is 0.926 bits per heavy atom. The molecular formula is C21H25ClN2O3. The van der Waals surface area contributed by atoms with E-state index in [0.29, 0.717) is 17.2 Å². The molecule has 2 N–H and O–H groups in total. The number of rotatable bonds is 9. The maximum absolute atomic E-state index is 12.1. The lowest BCUT2D eigenvalue weighted by molar-refractivity contribution is -0.121. The summed E-state index contributed by atoms with van der Waals surface area (Å²) in [6, 6.07) is 13.8. The number of ether oxygens (including phenoxy) is 1. The van der Waals surface area contributed by atoms with Gasteiger partial charge in [0.25, 0.3) is 5.91 Å². The maximum atomic E-state index is 12.1. The van der Waals surface area contributed by atoms with Gasteiger partial charge in [-0.3, -0.25) is 20.4 Å². The van der Waals surface area contributed by atoms with Gasteiger partial charge in [-0.1, -0.05) is 49.9 Å². The lowest BCUT2D eigenvalue weighted by atomic mass is 10.1. The molecule has 2 amide bonds. The van der Waals surface area contributed by atoms with Crippen molar-refractivity contribution >= 4 is 23.4 Å². The van der Waals surface area contributed by atoms with Crippen molar-refractivity contribution < 1.29 is 14.3 Å². The van der Waals surface area contributed by atoms with Crippen LogP contribution in [0.15, 0.2) is 48.5 Å². The minimum Gasteiger partial charge on any atom is -0.494 e. The van der Waals surface area contributed by atoms with Crippen molar-refractivity contribution in [2.24, 2.45) is 0 Å². The zero-order valence-corrected chi connectivity index (χ0v) is 16.2. The van der Waals surface area contributed by atoms with E-state index in [-0.39, 0.29) is 18.2 Å². The normalized spacial score (nSPS) is 10.3. The Kier molecular flexibility index (Phi) is 8.65. The zero-order chi connectivity index (χ0) is 19.5. The second-order valence-electron chi connectivity index (χ2n) is 6.24. The van der Waals surface area contributed by atoms with Crippen LogP contribution in [0.5, 0.6) is 5.75 Å². The van der Waals surface area contributed by atoms with Gasteiger partial charge in [0.2, 0.25) is 5.91 Å². The second kappa shape index (κ2) is 11.2. The van der Waals surface area contributed by atoms with Gasteiger partial charge in [0.1, 0.15) is 5.75 Å². The van der Waals surface area contributed by atoms with Crippen LogP contribution in [0.25, 0.3) is 0 Å². The first-order valence-electron chi connectivity index (χ1n) is 9.15. The van der Waals surface area contributed by atoms with E-state index in [9.17, 15) is 9.59 Å². The molecule has 5 nitrogen and oxygen atoms in total. The van der Waals surface area contributed by atoms with E-state index in [1.807, 2.05) is 0 Å². The molecule has 0 unspecified atom stereocenters. The predicted octanol–water partition coefficient (Wildman–Crippen LogP) is 4.30. The molecular weight excluding hydrogens is 364 g/mol. The Labute approximate surface area is 165 Å². The van der Waals surface area contributed by atoms with E-state index in [1.54, 1.807) is 48.5 Å². The van der Waals surface area contributed by atoms with Crippen LogP contribution in [0.2, 0.25) is 5.02 Å². The van der Waals surface area contributed by atoms with Crippen LogP contribution in [-0.4, -0.2) is 18.4 Å². The highest BCUT2D eigenvalue weighted by atomic mass is 35.5. The van der Waals surface area contributed by atoms with Gasteiger partial charge in [0.15, 0.2) is 0 Å². The van der Waals surface area contributed by atoms with Gasteiger partial charge in [-0.25, -0.2) is 0 Å². The minimum atomic E-state index is -0.381. The van der Waals surface area contributed by atoms with Crippen LogP contribution in [0.4, 0.5) is 0 Å². The molecule has 2 aromatic carbocycles. The van der Waals surface area contributed by atoms with E-state index < -0.39 is 0 Å². The maximum Gasteiger partial charge on any atom is 0.269 e. The molecule has 0 atom stereocenters. The summed E-state index contributed by atoms with van der Waals surface area (Å²) >= 11 is 5.81. The van der Waals surface area contributed by atoms with Crippen LogP contribution in [0, 0.1) is 0 Å². The number of benzene rings is 2. The highest BCUT2D eigenvalue weighted by Crippen LogP contribution is 2.13. The number of carbonyl (C=O) groups is 2. The van der Waals surface area contributed by atoms with Crippen LogP contribution in [-0.2, 0) is 11.2 Å². The molecule has 0 fully saturated rings. The third kappa shape index (κ3) is 7.71. The smallest absolute Gasteiger partial charge is 0.269 e. The average molecular weight is 389 g/mol. The largest absolute Gasteiger partial charge is 0.494 e. The van der Waals surface area contributed by atoms with E-state index in [0.717, 1.165) is 24.2 Å². The lowest BCUT2D eigenvalue weighted by Gasteiger charge is -2.09. The standard InChI is InChI=1S/C21H25ClN2O3/c1-2-3-4-5-14-27-19-12-8-17(9-13-19)21(26)24-23-20(25)15-16-6-10-18(22)11-7-16/h6-13H,2-5,14-15H2,1H3,(H,23,25)(H,24,26). The molecule has 0 heterocycles. The Hall–Kier alpha value is -2.53. The van der Waals surface area contributed by atoms with Gasteiger partial charge in [-0.2, -0.15) is 0 Å². The molecule has 0 aromatic heterocycles. The van der Waals surface area contributed by atoms with Gasteiger partial charge in [0.05, 0.1) is 13.0 Å². The highest BCUT2D eigenvalue weighted by molar-refractivity contribution is 6.30. The van der Waals surface area contributed by atoms with E-state index >= 15 is 0 Å². The summed E-state index contributed by atoms with van der Waals surface area (Å²) in [5.41, 5.74) is 6.08. The van der Waals surface area contributed by atoms with E-state index in [2.05, 4.69) is 17.8 Å². The Morgan fingerprint density at radius 3 is 2.30 bits per heavy atom. The minimum absolute atomic E-state index is 0.155. The predicted molar refractivity (Wildman–Crippen MR) is 107 cm³/mol. The van der Waals surface area contributed by atoms with E-state index in [4.69, 9.17) is 16.3 Å². The monoisotopic (exact) mass is 388 g/mol. The summed E-state index contributed by atoms with van der Waals surface area (Å²) in [7, 11) is 0. The summed E-state index contributed by atoms with van der Waals surface area (Å²) in [5.74, 6) is 0.0430. The van der Waals surface area contributed by atoms with Gasteiger partial charge in [-0.15, -0.1) is 0 Å². The summed E-state index contributed by atoms with van der Waals surface area (Å²) < 4.78 is 5.65. The van der Waals surface area contributed by atoms with Crippen molar-refractivity contribution in [3.8, 4) is 5.75 Å². The third-order valence-corrected chi connectivity index (χ3v) is 4.23. The molecule has 2 aromatic rings. The van der Waals surface area contributed by atoms with Gasteiger partial charge in [0, 0.05) is 10.6 Å². The van der Waals surface area contributed by atoms with Crippen LogP contribution in [0.1, 0.15) is 48.5 Å². The molecule has 2 rings (SSSR count). The molecule has 0 radical (unpaired) electrons.